The van der Waals surface area contributed by atoms with E-state index in [9.17, 15) is 4.79 Å². The fourth-order valence-corrected chi connectivity index (χ4v) is 4.23. The van der Waals surface area contributed by atoms with Gasteiger partial charge >= 0.3 is 0 Å². The molecule has 0 aliphatic carbocycles. The number of amides is 1. The average molecular weight is 428 g/mol. The molecule has 3 aromatic carbocycles. The summed E-state index contributed by atoms with van der Waals surface area (Å²) in [6, 6.07) is 30.2. The molecule has 2 N–H and O–H groups in total. The maximum Gasteiger partial charge on any atom is 0.231 e. The van der Waals surface area contributed by atoms with Gasteiger partial charge in [0.05, 0.1) is 17.5 Å². The Kier molecular flexibility index (Phi) is 6.85. The molecule has 0 atom stereocenters. The number of carbonyl (C=O) groups excluding carboxylic acids is 1. The molecule has 1 heterocycles. The summed E-state index contributed by atoms with van der Waals surface area (Å²) < 4.78 is 0. The first-order valence-electron chi connectivity index (χ1n) is 10.3. The summed E-state index contributed by atoms with van der Waals surface area (Å²) in [6.45, 7) is 2.02. The number of benzene rings is 3. The van der Waals surface area contributed by atoms with Crippen molar-refractivity contribution in [2.45, 2.75) is 24.5 Å². The van der Waals surface area contributed by atoms with Crippen LogP contribution in [0.1, 0.15) is 34.1 Å². The second kappa shape index (κ2) is 10.1. The number of H-pyrrole nitrogens is 1. The predicted molar refractivity (Wildman–Crippen MR) is 126 cm³/mol. The normalized spacial score (nSPS) is 10.9. The van der Waals surface area contributed by atoms with Crippen molar-refractivity contribution in [2.75, 3.05) is 5.75 Å². The second-order valence-corrected chi connectivity index (χ2v) is 8.35. The zero-order valence-corrected chi connectivity index (χ0v) is 18.2. The molecule has 0 radical (unpaired) electrons. The highest BCUT2D eigenvalue weighted by Gasteiger charge is 2.17. The van der Waals surface area contributed by atoms with Crippen LogP contribution >= 0.6 is 11.8 Å². The first-order valence-corrected chi connectivity index (χ1v) is 11.3. The third-order valence-electron chi connectivity index (χ3n) is 5.09. The lowest BCUT2D eigenvalue weighted by Gasteiger charge is -2.19. The highest BCUT2D eigenvalue weighted by atomic mass is 32.2. The van der Waals surface area contributed by atoms with Gasteiger partial charge in [-0.1, -0.05) is 103 Å². The average Bonchev–Trinajstić information content (AvgIpc) is 3.17. The zero-order chi connectivity index (χ0) is 21.5. The molecular formula is C26H25N3OS. The molecule has 0 spiro atoms. The maximum absolute atomic E-state index is 12.8. The number of hydrogen-bond donors (Lipinski definition) is 2. The van der Waals surface area contributed by atoms with Crippen LogP contribution in [0.2, 0.25) is 0 Å². The van der Waals surface area contributed by atoms with Crippen molar-refractivity contribution < 1.29 is 4.79 Å². The van der Waals surface area contributed by atoms with Crippen molar-refractivity contribution in [3.05, 3.63) is 119 Å². The van der Waals surface area contributed by atoms with Gasteiger partial charge < -0.3 is 10.3 Å². The molecule has 0 unspecified atom stereocenters. The molecule has 0 fully saturated rings. The van der Waals surface area contributed by atoms with E-state index in [-0.39, 0.29) is 11.9 Å². The summed E-state index contributed by atoms with van der Waals surface area (Å²) >= 11 is 1.43. The largest absolute Gasteiger partial charge is 0.344 e. The molecule has 0 saturated heterocycles. The summed E-state index contributed by atoms with van der Waals surface area (Å²) in [5, 5.41) is 3.95. The van der Waals surface area contributed by atoms with Crippen molar-refractivity contribution in [3.8, 4) is 0 Å². The van der Waals surface area contributed by atoms with Gasteiger partial charge in [0.25, 0.3) is 0 Å². The monoisotopic (exact) mass is 427 g/mol. The molecule has 5 heteroatoms. The topological polar surface area (TPSA) is 57.8 Å². The summed E-state index contributed by atoms with van der Waals surface area (Å²) in [4.78, 5) is 20.8. The minimum absolute atomic E-state index is 0.0265. The number of nitrogens with one attached hydrogen (secondary N) is 2. The Labute approximate surface area is 187 Å². The van der Waals surface area contributed by atoms with Crippen molar-refractivity contribution in [3.63, 3.8) is 0 Å². The van der Waals surface area contributed by atoms with Crippen LogP contribution in [-0.4, -0.2) is 21.6 Å². The van der Waals surface area contributed by atoms with Crippen LogP contribution in [0.25, 0.3) is 0 Å². The van der Waals surface area contributed by atoms with E-state index in [2.05, 4.69) is 22.4 Å². The van der Waals surface area contributed by atoms with E-state index < -0.39 is 0 Å². The van der Waals surface area contributed by atoms with E-state index in [4.69, 9.17) is 4.98 Å². The van der Waals surface area contributed by atoms with E-state index in [1.807, 2.05) is 85.8 Å². The van der Waals surface area contributed by atoms with Crippen LogP contribution in [0.4, 0.5) is 0 Å². The van der Waals surface area contributed by atoms with Gasteiger partial charge in [0.1, 0.15) is 0 Å². The number of hydrogen-bond acceptors (Lipinski definition) is 3. The minimum atomic E-state index is -0.178. The lowest BCUT2D eigenvalue weighted by molar-refractivity contribution is -0.119. The number of carbonyl (C=O) groups is 1. The molecule has 4 nitrogen and oxygen atoms in total. The van der Waals surface area contributed by atoms with E-state index >= 15 is 0 Å². The van der Waals surface area contributed by atoms with Crippen LogP contribution in [0.3, 0.4) is 0 Å². The molecule has 31 heavy (non-hydrogen) atoms. The molecule has 0 aliphatic heterocycles. The van der Waals surface area contributed by atoms with E-state index in [1.54, 1.807) is 0 Å². The SMILES string of the molecule is Cc1[nH]c(SCC(=O)NC(c2ccccc2)c2ccccc2)nc1Cc1ccccc1. The standard InChI is InChI=1S/C26H25N3OS/c1-19-23(17-20-11-5-2-6-12-20)28-26(27-19)31-18-24(30)29-25(21-13-7-3-8-14-21)22-15-9-4-10-16-22/h2-16,25H,17-18H2,1H3,(H,27,28)(H,29,30). The van der Waals surface area contributed by atoms with E-state index in [1.165, 1.54) is 17.3 Å². The molecule has 0 aliphatic rings. The number of thioether (sulfide) groups is 1. The lowest BCUT2D eigenvalue weighted by Crippen LogP contribution is -2.30. The second-order valence-electron chi connectivity index (χ2n) is 7.39. The Morgan fingerprint density at radius 1 is 0.903 bits per heavy atom. The molecule has 156 valence electrons. The molecular weight excluding hydrogens is 402 g/mol. The molecule has 0 bridgehead atoms. The molecule has 4 aromatic rings. The van der Waals surface area contributed by atoms with Crippen LogP contribution in [0, 0.1) is 6.92 Å². The van der Waals surface area contributed by atoms with Gasteiger partial charge in [0, 0.05) is 12.1 Å². The number of aromatic nitrogens is 2. The van der Waals surface area contributed by atoms with Gasteiger partial charge in [-0.25, -0.2) is 4.98 Å². The van der Waals surface area contributed by atoms with Crippen LogP contribution in [0.15, 0.2) is 96.2 Å². The van der Waals surface area contributed by atoms with Crippen LogP contribution in [0.5, 0.6) is 0 Å². The number of nitrogens with zero attached hydrogens (tertiary/aromatic N) is 1. The first-order chi connectivity index (χ1) is 15.2. The lowest BCUT2D eigenvalue weighted by atomic mass is 9.99. The smallest absolute Gasteiger partial charge is 0.231 e. The van der Waals surface area contributed by atoms with Crippen molar-refractivity contribution >= 4 is 17.7 Å². The Hall–Kier alpha value is -3.31. The minimum Gasteiger partial charge on any atom is -0.344 e. The molecule has 4 rings (SSSR count). The first kappa shape index (κ1) is 20.9. The van der Waals surface area contributed by atoms with Crippen molar-refractivity contribution in [2.24, 2.45) is 0 Å². The van der Waals surface area contributed by atoms with Gasteiger partial charge in [0.15, 0.2) is 5.16 Å². The number of rotatable bonds is 8. The van der Waals surface area contributed by atoms with Crippen molar-refractivity contribution in [1.29, 1.82) is 0 Å². The van der Waals surface area contributed by atoms with Gasteiger partial charge in [0.2, 0.25) is 5.91 Å². The van der Waals surface area contributed by atoms with E-state index in [0.29, 0.717) is 5.75 Å². The summed E-state index contributed by atoms with van der Waals surface area (Å²) in [5.41, 5.74) is 5.40. The Morgan fingerprint density at radius 3 is 2.03 bits per heavy atom. The van der Waals surface area contributed by atoms with Crippen LogP contribution < -0.4 is 5.32 Å². The fourth-order valence-electron chi connectivity index (χ4n) is 3.48. The summed E-state index contributed by atoms with van der Waals surface area (Å²) in [6.07, 6.45) is 0.778. The third kappa shape index (κ3) is 5.64. The number of aryl methyl sites for hydroxylation is 1. The molecule has 0 saturated carbocycles. The maximum atomic E-state index is 12.8. The third-order valence-corrected chi connectivity index (χ3v) is 5.96. The van der Waals surface area contributed by atoms with Gasteiger partial charge in [-0.15, -0.1) is 0 Å². The van der Waals surface area contributed by atoms with Crippen molar-refractivity contribution in [1.82, 2.24) is 15.3 Å². The summed E-state index contributed by atoms with van der Waals surface area (Å²) in [7, 11) is 0. The fraction of sp³-hybridized carbons (Fsp3) is 0.154. The van der Waals surface area contributed by atoms with Gasteiger partial charge in [-0.2, -0.15) is 0 Å². The highest BCUT2D eigenvalue weighted by Crippen LogP contribution is 2.23. The highest BCUT2D eigenvalue weighted by molar-refractivity contribution is 7.99. The van der Waals surface area contributed by atoms with Gasteiger partial charge in [-0.05, 0) is 23.6 Å². The Morgan fingerprint density at radius 2 is 1.45 bits per heavy atom. The van der Waals surface area contributed by atoms with Crippen LogP contribution in [-0.2, 0) is 11.2 Å². The quantitative estimate of drug-likeness (QED) is 0.375. The number of imidazole rings is 1. The predicted octanol–water partition coefficient (Wildman–Crippen LogP) is 5.31. The molecule has 1 amide bonds. The number of aromatic amines is 1. The van der Waals surface area contributed by atoms with E-state index in [0.717, 1.165) is 34.1 Å². The summed E-state index contributed by atoms with van der Waals surface area (Å²) in [5.74, 6) is 0.273. The Bertz CT molecular complexity index is 1070. The molecule has 1 aromatic heterocycles. The van der Waals surface area contributed by atoms with Gasteiger partial charge in [-0.3, -0.25) is 4.79 Å². The Balaban J connectivity index is 1.40. The zero-order valence-electron chi connectivity index (χ0n) is 17.4.